The quantitative estimate of drug-likeness (QED) is 0.449. The summed E-state index contributed by atoms with van der Waals surface area (Å²) in [6, 6.07) is 0. The van der Waals surface area contributed by atoms with Crippen LogP contribution in [0.15, 0.2) is 24.3 Å². The number of nitrogens with zero attached hydrogens (tertiary/aromatic N) is 1. The molecule has 0 spiro atoms. The van der Waals surface area contributed by atoms with Crippen molar-refractivity contribution < 1.29 is 4.48 Å². The summed E-state index contributed by atoms with van der Waals surface area (Å²) >= 11 is 0. The fourth-order valence-electron chi connectivity index (χ4n) is 1.52. The van der Waals surface area contributed by atoms with Crippen molar-refractivity contribution in [1.29, 1.82) is 0 Å². The van der Waals surface area contributed by atoms with Crippen LogP contribution in [0.2, 0.25) is 0 Å². The highest BCUT2D eigenvalue weighted by molar-refractivity contribution is 4.91. The molecule has 0 heterocycles. The van der Waals surface area contributed by atoms with E-state index in [2.05, 4.69) is 41.1 Å². The van der Waals surface area contributed by atoms with Gasteiger partial charge in [-0.2, -0.15) is 0 Å². The maximum absolute atomic E-state index is 3.90. The predicted molar refractivity (Wildman–Crippen MR) is 58.2 cm³/mol. The normalized spacial score (nSPS) is 10.3. The first kappa shape index (κ1) is 14.0. The van der Waals surface area contributed by atoms with Gasteiger partial charge < -0.3 is 4.48 Å². The number of hydrogen-bond acceptors (Lipinski definition) is 0. The molecule has 0 unspecified atom stereocenters. The molecule has 0 aliphatic carbocycles. The van der Waals surface area contributed by atoms with E-state index in [1.165, 1.54) is 11.1 Å². The molecule has 1 heteroatoms. The van der Waals surface area contributed by atoms with E-state index < -0.39 is 0 Å². The minimum Gasteiger partial charge on any atom is -0.322 e. The van der Waals surface area contributed by atoms with Gasteiger partial charge in [0.05, 0.1) is 27.2 Å². The van der Waals surface area contributed by atoms with Gasteiger partial charge in [-0.15, -0.1) is 0 Å². The maximum Gasteiger partial charge on any atom is 0.0996 e. The minimum atomic E-state index is 0. The standard InChI is InChI=1S/C10H20N.CH4/c1-9(2)7-11(5,6)8-10(3)4;/h1,3,7-8H2,2,4-6H3;1H4/q+1;. The zero-order chi connectivity index (χ0) is 9.07. The summed E-state index contributed by atoms with van der Waals surface area (Å²) in [4.78, 5) is 0. The first-order chi connectivity index (χ1) is 4.83. The Bertz CT molecular complexity index is 148. The Balaban J connectivity index is 0. The van der Waals surface area contributed by atoms with Gasteiger partial charge in [0, 0.05) is 0 Å². The van der Waals surface area contributed by atoms with Gasteiger partial charge in [-0.3, -0.25) is 0 Å². The van der Waals surface area contributed by atoms with E-state index in [-0.39, 0.29) is 7.43 Å². The molecule has 0 aromatic carbocycles. The summed E-state index contributed by atoms with van der Waals surface area (Å²) < 4.78 is 0.963. The van der Waals surface area contributed by atoms with Crippen LogP contribution >= 0.6 is 0 Å². The van der Waals surface area contributed by atoms with Gasteiger partial charge in [0.25, 0.3) is 0 Å². The van der Waals surface area contributed by atoms with Gasteiger partial charge in [0.2, 0.25) is 0 Å². The Morgan fingerprint density at radius 1 is 1.00 bits per heavy atom. The van der Waals surface area contributed by atoms with Gasteiger partial charge in [0.1, 0.15) is 0 Å². The molecule has 1 nitrogen and oxygen atoms in total. The molecule has 0 aromatic heterocycles. The van der Waals surface area contributed by atoms with Gasteiger partial charge in [-0.1, -0.05) is 20.6 Å². The van der Waals surface area contributed by atoms with E-state index >= 15 is 0 Å². The lowest BCUT2D eigenvalue weighted by Crippen LogP contribution is -2.41. The van der Waals surface area contributed by atoms with Crippen molar-refractivity contribution in [2.75, 3.05) is 27.2 Å². The molecule has 0 N–H and O–H groups in total. The molecule has 0 aliphatic rings. The first-order valence-corrected chi connectivity index (χ1v) is 3.94. The van der Waals surface area contributed by atoms with Crippen molar-refractivity contribution in [3.05, 3.63) is 24.3 Å². The molecule has 0 saturated heterocycles. The number of hydrogen-bond donors (Lipinski definition) is 0. The number of rotatable bonds is 4. The highest BCUT2D eigenvalue weighted by Gasteiger charge is 2.14. The summed E-state index contributed by atoms with van der Waals surface area (Å²) in [5.74, 6) is 0. The highest BCUT2D eigenvalue weighted by Crippen LogP contribution is 2.05. The van der Waals surface area contributed by atoms with Crippen LogP contribution < -0.4 is 0 Å². The average Bonchev–Trinajstić information content (AvgIpc) is 1.53. The van der Waals surface area contributed by atoms with E-state index in [1.807, 2.05) is 0 Å². The van der Waals surface area contributed by atoms with Gasteiger partial charge in [0.15, 0.2) is 0 Å². The molecular weight excluding hydrogens is 146 g/mol. The lowest BCUT2D eigenvalue weighted by Gasteiger charge is -2.30. The van der Waals surface area contributed by atoms with E-state index in [9.17, 15) is 0 Å². The molecule has 0 saturated carbocycles. The molecule has 0 bridgehead atoms. The van der Waals surface area contributed by atoms with Crippen molar-refractivity contribution in [3.63, 3.8) is 0 Å². The summed E-state index contributed by atoms with van der Waals surface area (Å²) in [5, 5.41) is 0. The molecule has 0 amide bonds. The Kier molecular flexibility index (Phi) is 6.01. The molecule has 0 radical (unpaired) electrons. The summed E-state index contributed by atoms with van der Waals surface area (Å²) in [7, 11) is 4.40. The third kappa shape index (κ3) is 7.55. The van der Waals surface area contributed by atoms with Crippen molar-refractivity contribution in [1.82, 2.24) is 0 Å². The second-order valence-corrected chi connectivity index (χ2v) is 4.17. The Morgan fingerprint density at radius 3 is 1.42 bits per heavy atom. The van der Waals surface area contributed by atoms with Crippen LogP contribution in [0.4, 0.5) is 0 Å². The van der Waals surface area contributed by atoms with Crippen LogP contribution in [0.3, 0.4) is 0 Å². The average molecular weight is 170 g/mol. The van der Waals surface area contributed by atoms with Crippen molar-refractivity contribution >= 4 is 0 Å². The largest absolute Gasteiger partial charge is 0.322 e. The highest BCUT2D eigenvalue weighted by atomic mass is 15.3. The molecular formula is C11H24N+. The third-order valence-electron chi connectivity index (χ3n) is 1.40. The summed E-state index contributed by atoms with van der Waals surface area (Å²) in [5.41, 5.74) is 2.47. The minimum absolute atomic E-state index is 0. The molecule has 0 atom stereocenters. The van der Waals surface area contributed by atoms with Crippen molar-refractivity contribution in [2.24, 2.45) is 0 Å². The van der Waals surface area contributed by atoms with Crippen LogP contribution in [0.5, 0.6) is 0 Å². The summed E-state index contributed by atoms with van der Waals surface area (Å²) in [6.45, 7) is 14.0. The van der Waals surface area contributed by atoms with E-state index in [0.717, 1.165) is 17.6 Å². The molecule has 12 heavy (non-hydrogen) atoms. The molecule has 0 fully saturated rings. The second-order valence-electron chi connectivity index (χ2n) is 4.17. The zero-order valence-electron chi connectivity index (χ0n) is 8.28. The molecule has 0 aromatic rings. The number of quaternary nitrogens is 1. The van der Waals surface area contributed by atoms with Gasteiger partial charge >= 0.3 is 0 Å². The molecule has 0 rings (SSSR count). The first-order valence-electron chi connectivity index (χ1n) is 3.94. The van der Waals surface area contributed by atoms with Crippen molar-refractivity contribution in [3.8, 4) is 0 Å². The Hall–Kier alpha value is -0.560. The Labute approximate surface area is 78.0 Å². The SMILES string of the molecule is C.C=C(C)C[N+](C)(C)CC(=C)C. The fraction of sp³-hybridized carbons (Fsp3) is 0.636. The lowest BCUT2D eigenvalue weighted by molar-refractivity contribution is -0.880. The Morgan fingerprint density at radius 2 is 1.25 bits per heavy atom. The van der Waals surface area contributed by atoms with Gasteiger partial charge in [-0.25, -0.2) is 0 Å². The van der Waals surface area contributed by atoms with Crippen LogP contribution in [0.1, 0.15) is 21.3 Å². The van der Waals surface area contributed by atoms with E-state index in [0.29, 0.717) is 0 Å². The monoisotopic (exact) mass is 170 g/mol. The smallest absolute Gasteiger partial charge is 0.0996 e. The zero-order valence-corrected chi connectivity index (χ0v) is 8.28. The summed E-state index contributed by atoms with van der Waals surface area (Å²) in [6.07, 6.45) is 0. The number of likely N-dealkylation sites (N-methyl/N-ethyl adjacent to an activating group) is 1. The van der Waals surface area contributed by atoms with E-state index in [4.69, 9.17) is 0 Å². The van der Waals surface area contributed by atoms with Crippen LogP contribution in [-0.2, 0) is 0 Å². The van der Waals surface area contributed by atoms with Crippen LogP contribution in [-0.4, -0.2) is 31.7 Å². The molecule has 0 aliphatic heterocycles. The second kappa shape index (κ2) is 5.15. The predicted octanol–water partition coefficient (Wildman–Crippen LogP) is 2.85. The lowest BCUT2D eigenvalue weighted by atomic mass is 10.2. The third-order valence-corrected chi connectivity index (χ3v) is 1.40. The van der Waals surface area contributed by atoms with Crippen molar-refractivity contribution in [2.45, 2.75) is 21.3 Å². The van der Waals surface area contributed by atoms with Gasteiger partial charge in [-0.05, 0) is 25.0 Å². The van der Waals surface area contributed by atoms with Crippen LogP contribution in [0.25, 0.3) is 0 Å². The van der Waals surface area contributed by atoms with Crippen LogP contribution in [0, 0.1) is 0 Å². The maximum atomic E-state index is 3.90. The fourth-order valence-corrected chi connectivity index (χ4v) is 1.52. The van der Waals surface area contributed by atoms with E-state index in [1.54, 1.807) is 0 Å². The topological polar surface area (TPSA) is 0 Å². The molecule has 72 valence electrons.